The number of fused-ring (bicyclic) bond motifs is 1. The van der Waals surface area contributed by atoms with Crippen LogP contribution in [0.15, 0.2) is 53.2 Å². The third-order valence-electron chi connectivity index (χ3n) is 3.41. The van der Waals surface area contributed by atoms with Crippen LogP contribution in [-0.2, 0) is 9.53 Å². The predicted octanol–water partition coefficient (Wildman–Crippen LogP) is 2.90. The van der Waals surface area contributed by atoms with Crippen molar-refractivity contribution in [2.24, 2.45) is 4.99 Å². The molecule has 6 heteroatoms. The minimum Gasteiger partial charge on any atom is -0.454 e. The Morgan fingerprint density at radius 2 is 1.83 bits per heavy atom. The number of rotatable bonds is 2. The Morgan fingerprint density at radius 1 is 1.04 bits per heavy atom. The monoisotopic (exact) mass is 311 g/mol. The van der Waals surface area contributed by atoms with Gasteiger partial charge in [-0.2, -0.15) is 0 Å². The molecule has 2 aromatic carbocycles. The first-order valence-electron chi connectivity index (χ1n) is 6.87. The molecule has 0 aromatic heterocycles. The molecule has 2 aromatic rings. The number of benzene rings is 2. The molecule has 23 heavy (non-hydrogen) atoms. The van der Waals surface area contributed by atoms with Crippen molar-refractivity contribution in [2.45, 2.75) is 0 Å². The van der Waals surface area contributed by atoms with E-state index in [9.17, 15) is 9.18 Å². The fourth-order valence-electron chi connectivity index (χ4n) is 2.29. The van der Waals surface area contributed by atoms with Crippen molar-refractivity contribution >= 4 is 17.9 Å². The van der Waals surface area contributed by atoms with E-state index in [1.54, 1.807) is 24.3 Å². The maximum absolute atomic E-state index is 12.9. The fourth-order valence-corrected chi connectivity index (χ4v) is 2.29. The summed E-state index contributed by atoms with van der Waals surface area (Å²) < 4.78 is 28.6. The predicted molar refractivity (Wildman–Crippen MR) is 79.6 cm³/mol. The molecule has 0 bridgehead atoms. The van der Waals surface area contributed by atoms with Gasteiger partial charge >= 0.3 is 5.97 Å². The molecule has 0 amide bonds. The lowest BCUT2D eigenvalue weighted by atomic mass is 10.1. The van der Waals surface area contributed by atoms with E-state index in [0.717, 1.165) is 5.56 Å². The zero-order valence-corrected chi connectivity index (χ0v) is 11.8. The largest absolute Gasteiger partial charge is 0.454 e. The molecule has 2 aliphatic heterocycles. The number of hydrogen-bond donors (Lipinski definition) is 0. The first-order valence-corrected chi connectivity index (χ1v) is 6.87. The number of ether oxygens (including phenoxy) is 3. The molecule has 2 aliphatic rings. The van der Waals surface area contributed by atoms with E-state index in [1.165, 1.54) is 24.3 Å². The first-order chi connectivity index (χ1) is 11.2. The smallest absolute Gasteiger partial charge is 0.363 e. The van der Waals surface area contributed by atoms with Crippen LogP contribution in [0.2, 0.25) is 0 Å². The zero-order valence-electron chi connectivity index (χ0n) is 11.8. The maximum Gasteiger partial charge on any atom is 0.363 e. The first kappa shape index (κ1) is 13.5. The van der Waals surface area contributed by atoms with Crippen molar-refractivity contribution in [3.63, 3.8) is 0 Å². The van der Waals surface area contributed by atoms with Crippen molar-refractivity contribution in [2.75, 3.05) is 6.79 Å². The summed E-state index contributed by atoms with van der Waals surface area (Å²) in [7, 11) is 0. The summed E-state index contributed by atoms with van der Waals surface area (Å²) in [6.07, 6.45) is 1.60. The Balaban J connectivity index is 1.65. The third-order valence-corrected chi connectivity index (χ3v) is 3.41. The van der Waals surface area contributed by atoms with E-state index >= 15 is 0 Å². The number of hydrogen-bond acceptors (Lipinski definition) is 5. The van der Waals surface area contributed by atoms with Gasteiger partial charge in [0.25, 0.3) is 0 Å². The molecule has 0 spiro atoms. The minimum atomic E-state index is -0.554. The van der Waals surface area contributed by atoms with Gasteiger partial charge in [0.15, 0.2) is 17.2 Å². The molecular weight excluding hydrogens is 301 g/mol. The number of cyclic esters (lactones) is 1. The fraction of sp³-hybridized carbons (Fsp3) is 0.0588. The Hall–Kier alpha value is -3.15. The van der Waals surface area contributed by atoms with Crippen LogP contribution in [0.1, 0.15) is 11.1 Å². The zero-order chi connectivity index (χ0) is 15.8. The molecule has 4 rings (SSSR count). The molecule has 114 valence electrons. The van der Waals surface area contributed by atoms with Gasteiger partial charge in [-0.15, -0.1) is 0 Å². The highest BCUT2D eigenvalue weighted by molar-refractivity contribution is 6.12. The average Bonchev–Trinajstić information content (AvgIpc) is 3.15. The second-order valence-electron chi connectivity index (χ2n) is 4.96. The number of nitrogens with zero attached hydrogens (tertiary/aromatic N) is 1. The van der Waals surface area contributed by atoms with E-state index in [-0.39, 0.29) is 24.2 Å². The summed E-state index contributed by atoms with van der Waals surface area (Å²) >= 11 is 0. The van der Waals surface area contributed by atoms with Gasteiger partial charge in [-0.1, -0.05) is 6.07 Å². The third kappa shape index (κ3) is 2.55. The Labute approximate surface area is 130 Å². The summed E-state index contributed by atoms with van der Waals surface area (Å²) in [5, 5.41) is 0. The van der Waals surface area contributed by atoms with E-state index in [4.69, 9.17) is 14.2 Å². The number of halogens is 1. The minimum absolute atomic E-state index is 0.155. The summed E-state index contributed by atoms with van der Waals surface area (Å²) in [5.74, 6) is 0.517. The van der Waals surface area contributed by atoms with Gasteiger partial charge < -0.3 is 14.2 Å². The number of aliphatic imine (C=N–C) groups is 1. The molecule has 5 nitrogen and oxygen atoms in total. The summed E-state index contributed by atoms with van der Waals surface area (Å²) in [6, 6.07) is 10.9. The molecule has 0 saturated carbocycles. The summed E-state index contributed by atoms with van der Waals surface area (Å²) in [6.45, 7) is 0.185. The van der Waals surface area contributed by atoms with E-state index < -0.39 is 5.97 Å². The van der Waals surface area contributed by atoms with Crippen molar-refractivity contribution in [3.05, 3.63) is 65.1 Å². The molecule has 0 saturated heterocycles. The molecule has 0 unspecified atom stereocenters. The van der Waals surface area contributed by atoms with Gasteiger partial charge in [0.05, 0.1) is 0 Å². The van der Waals surface area contributed by atoms with E-state index in [2.05, 4.69) is 4.99 Å². The molecule has 0 radical (unpaired) electrons. The topological polar surface area (TPSA) is 57.1 Å². The second-order valence-corrected chi connectivity index (χ2v) is 4.96. The van der Waals surface area contributed by atoms with Gasteiger partial charge in [-0.3, -0.25) is 0 Å². The van der Waals surface area contributed by atoms with Crippen LogP contribution in [0.25, 0.3) is 6.08 Å². The highest BCUT2D eigenvalue weighted by Crippen LogP contribution is 2.33. The molecule has 2 heterocycles. The molecule has 0 fully saturated rings. The SMILES string of the molecule is O=C1OC(c2ccc(F)cc2)=NC1=Cc1ccc2c(c1)OCO2. The normalized spacial score (nSPS) is 17.3. The van der Waals surface area contributed by atoms with Crippen LogP contribution in [0.3, 0.4) is 0 Å². The van der Waals surface area contributed by atoms with Crippen molar-refractivity contribution in [1.29, 1.82) is 0 Å². The van der Waals surface area contributed by atoms with Crippen LogP contribution >= 0.6 is 0 Å². The number of esters is 1. The van der Waals surface area contributed by atoms with Crippen LogP contribution < -0.4 is 9.47 Å². The summed E-state index contributed by atoms with van der Waals surface area (Å²) in [4.78, 5) is 16.1. The molecule has 0 N–H and O–H groups in total. The second kappa shape index (κ2) is 5.24. The maximum atomic E-state index is 12.9. The van der Waals surface area contributed by atoms with Gasteiger partial charge in [-0.05, 0) is 48.0 Å². The number of carbonyl (C=O) groups excluding carboxylic acids is 1. The lowest BCUT2D eigenvalue weighted by Gasteiger charge is -1.98. The molecular formula is C17H10FNO4. The standard InChI is InChI=1S/C17H10FNO4/c18-12-4-2-11(3-5-12)16-19-13(17(20)23-16)7-10-1-6-14-15(8-10)22-9-21-14/h1-8H,9H2. The summed E-state index contributed by atoms with van der Waals surface area (Å²) in [5.41, 5.74) is 1.45. The van der Waals surface area contributed by atoms with Gasteiger partial charge in [0.1, 0.15) is 5.82 Å². The van der Waals surface area contributed by atoms with Crippen molar-refractivity contribution < 1.29 is 23.4 Å². The highest BCUT2D eigenvalue weighted by Gasteiger charge is 2.24. The van der Waals surface area contributed by atoms with Gasteiger partial charge in [-0.25, -0.2) is 14.2 Å². The quantitative estimate of drug-likeness (QED) is 0.632. The van der Waals surface area contributed by atoms with Crippen LogP contribution in [0.4, 0.5) is 4.39 Å². The lowest BCUT2D eigenvalue weighted by molar-refractivity contribution is -0.129. The van der Waals surface area contributed by atoms with Crippen LogP contribution in [0.5, 0.6) is 11.5 Å². The van der Waals surface area contributed by atoms with Crippen molar-refractivity contribution in [3.8, 4) is 11.5 Å². The Morgan fingerprint density at radius 3 is 2.65 bits per heavy atom. The van der Waals surface area contributed by atoms with Crippen molar-refractivity contribution in [1.82, 2.24) is 0 Å². The molecule has 0 atom stereocenters. The van der Waals surface area contributed by atoms with Crippen LogP contribution in [0, 0.1) is 5.82 Å². The Kier molecular flexibility index (Phi) is 3.08. The lowest BCUT2D eigenvalue weighted by Crippen LogP contribution is -2.05. The average molecular weight is 311 g/mol. The Bertz CT molecular complexity index is 855. The highest BCUT2D eigenvalue weighted by atomic mass is 19.1. The number of carbonyl (C=O) groups is 1. The van der Waals surface area contributed by atoms with E-state index in [0.29, 0.717) is 17.1 Å². The van der Waals surface area contributed by atoms with E-state index in [1.807, 2.05) is 0 Å². The van der Waals surface area contributed by atoms with Crippen LogP contribution in [-0.4, -0.2) is 18.7 Å². The van der Waals surface area contributed by atoms with Gasteiger partial charge in [0, 0.05) is 5.56 Å². The molecule has 0 aliphatic carbocycles. The van der Waals surface area contributed by atoms with Gasteiger partial charge in [0.2, 0.25) is 12.7 Å².